The molecule has 1 heterocycles. The number of anilines is 3. The number of benzene rings is 3. The van der Waals surface area contributed by atoms with Crippen LogP contribution in [0.4, 0.5) is 17.1 Å². The third-order valence-electron chi connectivity index (χ3n) is 5.23. The van der Waals surface area contributed by atoms with E-state index < -0.39 is 11.8 Å². The molecule has 3 aromatic rings. The molecule has 3 aromatic carbocycles. The van der Waals surface area contributed by atoms with Gasteiger partial charge in [0.05, 0.1) is 18.4 Å². The molecule has 0 radical (unpaired) electrons. The van der Waals surface area contributed by atoms with E-state index >= 15 is 0 Å². The van der Waals surface area contributed by atoms with Gasteiger partial charge in [-0.05, 0) is 61.0 Å². The molecule has 0 unspecified atom stereocenters. The summed E-state index contributed by atoms with van der Waals surface area (Å²) in [6.07, 6.45) is 0. The number of nitrogens with zero attached hydrogens (tertiary/aromatic N) is 1. The summed E-state index contributed by atoms with van der Waals surface area (Å²) in [5, 5.41) is 5.82. The molecule has 1 aliphatic rings. The second kappa shape index (κ2) is 9.00. The first-order chi connectivity index (χ1) is 15.9. The highest BCUT2D eigenvalue weighted by molar-refractivity contribution is 6.46. The van der Waals surface area contributed by atoms with Gasteiger partial charge in [0.25, 0.3) is 11.8 Å². The fraction of sp³-hybridized carbons (Fsp3) is 0.115. The molecule has 2 N–H and O–H groups in total. The number of ether oxygens (including phenoxy) is 1. The molecule has 33 heavy (non-hydrogen) atoms. The molecule has 0 fully saturated rings. The summed E-state index contributed by atoms with van der Waals surface area (Å²) >= 11 is 0. The summed E-state index contributed by atoms with van der Waals surface area (Å²) in [4.78, 5) is 39.4. The van der Waals surface area contributed by atoms with Gasteiger partial charge in [0, 0.05) is 18.3 Å². The van der Waals surface area contributed by atoms with Crippen molar-refractivity contribution in [2.45, 2.75) is 13.8 Å². The van der Waals surface area contributed by atoms with Gasteiger partial charge in [-0.2, -0.15) is 0 Å². The normalized spacial score (nSPS) is 13.4. The largest absolute Gasteiger partial charge is 0.497 e. The highest BCUT2D eigenvalue weighted by Gasteiger charge is 2.40. The molecule has 0 saturated heterocycles. The Morgan fingerprint density at radius 2 is 1.42 bits per heavy atom. The lowest BCUT2D eigenvalue weighted by atomic mass is 10.0. The minimum Gasteiger partial charge on any atom is -0.497 e. The van der Waals surface area contributed by atoms with Gasteiger partial charge in [0.1, 0.15) is 11.4 Å². The molecule has 1 aliphatic heterocycles. The zero-order valence-electron chi connectivity index (χ0n) is 18.5. The monoisotopic (exact) mass is 441 g/mol. The Hall–Kier alpha value is -4.39. The molecule has 166 valence electrons. The van der Waals surface area contributed by atoms with Crippen LogP contribution in [0.3, 0.4) is 0 Å². The van der Waals surface area contributed by atoms with Crippen LogP contribution in [0.1, 0.15) is 18.1 Å². The Morgan fingerprint density at radius 3 is 2.00 bits per heavy atom. The molecule has 0 saturated carbocycles. The summed E-state index contributed by atoms with van der Waals surface area (Å²) in [6, 6.07) is 21.1. The highest BCUT2D eigenvalue weighted by Crippen LogP contribution is 2.34. The predicted molar refractivity (Wildman–Crippen MR) is 128 cm³/mol. The van der Waals surface area contributed by atoms with Crippen LogP contribution >= 0.6 is 0 Å². The van der Waals surface area contributed by atoms with Crippen molar-refractivity contribution in [3.05, 3.63) is 89.6 Å². The molecule has 0 spiro atoms. The third kappa shape index (κ3) is 4.48. The lowest BCUT2D eigenvalue weighted by Crippen LogP contribution is -2.32. The van der Waals surface area contributed by atoms with Gasteiger partial charge in [-0.15, -0.1) is 0 Å². The van der Waals surface area contributed by atoms with E-state index in [2.05, 4.69) is 10.6 Å². The van der Waals surface area contributed by atoms with E-state index in [4.69, 9.17) is 4.74 Å². The van der Waals surface area contributed by atoms with Crippen LogP contribution in [0, 0.1) is 6.92 Å². The molecule has 4 rings (SSSR count). The zero-order valence-corrected chi connectivity index (χ0v) is 18.5. The molecule has 0 atom stereocenters. The number of nitrogens with one attached hydrogen (secondary N) is 2. The van der Waals surface area contributed by atoms with E-state index in [0.29, 0.717) is 28.4 Å². The Kier molecular flexibility index (Phi) is 5.95. The second-order valence-electron chi connectivity index (χ2n) is 7.64. The van der Waals surface area contributed by atoms with Crippen LogP contribution in [-0.4, -0.2) is 24.8 Å². The number of aryl methyl sites for hydroxylation is 1. The molecular weight excluding hydrogens is 418 g/mol. The lowest BCUT2D eigenvalue weighted by molar-refractivity contribution is -0.120. The maximum absolute atomic E-state index is 13.5. The standard InChI is InChI=1S/C26H23N3O4/c1-16-4-12-21(13-5-16)29-25(31)23(18-6-8-19(9-7-18)27-17(2)30)24(26(29)32)28-20-10-14-22(33-3)15-11-20/h4-15,28H,1-3H3,(H,27,30). The van der Waals surface area contributed by atoms with Crippen molar-refractivity contribution in [2.24, 2.45) is 0 Å². The van der Waals surface area contributed by atoms with E-state index in [1.54, 1.807) is 67.8 Å². The maximum atomic E-state index is 13.5. The van der Waals surface area contributed by atoms with Crippen LogP contribution in [0.2, 0.25) is 0 Å². The van der Waals surface area contributed by atoms with E-state index in [9.17, 15) is 14.4 Å². The average Bonchev–Trinajstić information content (AvgIpc) is 3.04. The maximum Gasteiger partial charge on any atom is 0.282 e. The fourth-order valence-electron chi connectivity index (χ4n) is 3.58. The zero-order chi connectivity index (χ0) is 23.5. The summed E-state index contributed by atoms with van der Waals surface area (Å²) < 4.78 is 5.19. The average molecular weight is 441 g/mol. The Bertz CT molecular complexity index is 1240. The minimum atomic E-state index is -0.444. The summed E-state index contributed by atoms with van der Waals surface area (Å²) in [6.45, 7) is 3.36. The topological polar surface area (TPSA) is 87.7 Å². The highest BCUT2D eigenvalue weighted by atomic mass is 16.5. The van der Waals surface area contributed by atoms with E-state index in [1.807, 2.05) is 19.1 Å². The number of hydrogen-bond donors (Lipinski definition) is 2. The van der Waals surface area contributed by atoms with Crippen molar-refractivity contribution in [2.75, 3.05) is 22.6 Å². The van der Waals surface area contributed by atoms with Crippen molar-refractivity contribution in [3.8, 4) is 5.75 Å². The summed E-state index contributed by atoms with van der Waals surface area (Å²) in [7, 11) is 1.58. The Balaban J connectivity index is 1.76. The molecular formula is C26H23N3O4. The van der Waals surface area contributed by atoms with Crippen molar-refractivity contribution in [1.82, 2.24) is 0 Å². The van der Waals surface area contributed by atoms with Crippen molar-refractivity contribution < 1.29 is 19.1 Å². The SMILES string of the molecule is COc1ccc(NC2=C(c3ccc(NC(C)=O)cc3)C(=O)N(c3ccc(C)cc3)C2=O)cc1. The first-order valence-electron chi connectivity index (χ1n) is 10.4. The van der Waals surface area contributed by atoms with Gasteiger partial charge in [0.15, 0.2) is 0 Å². The number of hydrogen-bond acceptors (Lipinski definition) is 5. The van der Waals surface area contributed by atoms with E-state index in [1.165, 1.54) is 11.8 Å². The van der Waals surface area contributed by atoms with Gasteiger partial charge in [-0.3, -0.25) is 14.4 Å². The first-order valence-corrected chi connectivity index (χ1v) is 10.4. The van der Waals surface area contributed by atoms with Crippen LogP contribution in [0.5, 0.6) is 5.75 Å². The van der Waals surface area contributed by atoms with Gasteiger partial charge in [-0.1, -0.05) is 29.8 Å². The number of rotatable bonds is 6. The third-order valence-corrected chi connectivity index (χ3v) is 5.23. The number of methoxy groups -OCH3 is 1. The van der Waals surface area contributed by atoms with Crippen molar-refractivity contribution in [3.63, 3.8) is 0 Å². The minimum absolute atomic E-state index is 0.179. The molecule has 0 aromatic heterocycles. The van der Waals surface area contributed by atoms with E-state index in [0.717, 1.165) is 5.56 Å². The number of carbonyl (C=O) groups is 3. The molecule has 7 nitrogen and oxygen atoms in total. The Morgan fingerprint density at radius 1 is 0.818 bits per heavy atom. The molecule has 7 heteroatoms. The van der Waals surface area contributed by atoms with Crippen LogP contribution in [-0.2, 0) is 14.4 Å². The summed E-state index contributed by atoms with van der Waals surface area (Å²) in [5.74, 6) is -0.382. The fourth-order valence-corrected chi connectivity index (χ4v) is 3.58. The van der Waals surface area contributed by atoms with Crippen LogP contribution < -0.4 is 20.3 Å². The van der Waals surface area contributed by atoms with Crippen molar-refractivity contribution in [1.29, 1.82) is 0 Å². The van der Waals surface area contributed by atoms with Crippen LogP contribution in [0.15, 0.2) is 78.5 Å². The summed E-state index contributed by atoms with van der Waals surface area (Å²) in [5.41, 5.74) is 3.76. The molecule has 0 bridgehead atoms. The lowest BCUT2D eigenvalue weighted by Gasteiger charge is -2.15. The predicted octanol–water partition coefficient (Wildman–Crippen LogP) is 4.36. The number of imide groups is 1. The smallest absolute Gasteiger partial charge is 0.282 e. The number of amides is 3. The van der Waals surface area contributed by atoms with E-state index in [-0.39, 0.29) is 17.2 Å². The number of carbonyl (C=O) groups excluding carboxylic acids is 3. The van der Waals surface area contributed by atoms with Crippen LogP contribution in [0.25, 0.3) is 5.57 Å². The first kappa shape index (κ1) is 21.8. The van der Waals surface area contributed by atoms with Gasteiger partial charge < -0.3 is 15.4 Å². The van der Waals surface area contributed by atoms with Crippen molar-refractivity contribution >= 4 is 40.4 Å². The Labute approximate surface area is 191 Å². The second-order valence-corrected chi connectivity index (χ2v) is 7.64. The quantitative estimate of drug-likeness (QED) is 0.555. The van der Waals surface area contributed by atoms with Gasteiger partial charge >= 0.3 is 0 Å². The van der Waals surface area contributed by atoms with Gasteiger partial charge in [0.2, 0.25) is 5.91 Å². The van der Waals surface area contributed by atoms with Gasteiger partial charge in [-0.25, -0.2) is 4.90 Å². The molecule has 3 amide bonds. The molecule has 0 aliphatic carbocycles.